The van der Waals surface area contributed by atoms with Crippen molar-refractivity contribution in [2.45, 2.75) is 6.42 Å². The van der Waals surface area contributed by atoms with E-state index in [9.17, 15) is 4.39 Å². The number of hydrogen-bond donors (Lipinski definition) is 0. The number of halogens is 2. The van der Waals surface area contributed by atoms with Crippen LogP contribution in [0.15, 0.2) is 30.5 Å². The summed E-state index contributed by atoms with van der Waals surface area (Å²) in [5, 5.41) is 0.217. The number of hydrogen-bond acceptors (Lipinski definition) is 2. The minimum atomic E-state index is -0.217. The highest BCUT2D eigenvalue weighted by molar-refractivity contribution is 6.28. The second-order valence-corrected chi connectivity index (χ2v) is 4.21. The molecule has 0 aliphatic heterocycles. The van der Waals surface area contributed by atoms with Crippen LogP contribution >= 0.6 is 11.6 Å². The molecule has 0 saturated carbocycles. The molecule has 4 heteroatoms. The average molecular weight is 247 g/mol. The molecular weight excluding hydrogens is 239 g/mol. The summed E-state index contributed by atoms with van der Waals surface area (Å²) in [6.07, 6.45) is 4.20. The largest absolute Gasteiger partial charge is 0.226 e. The first kappa shape index (κ1) is 10.4. The molecule has 1 aliphatic carbocycles. The number of benzene rings is 1. The van der Waals surface area contributed by atoms with E-state index in [1.807, 2.05) is 12.1 Å². The molecule has 0 bridgehead atoms. The highest BCUT2D eigenvalue weighted by atomic mass is 35.5. The molecule has 1 aliphatic rings. The van der Waals surface area contributed by atoms with E-state index in [2.05, 4.69) is 9.97 Å². The molecule has 2 aromatic rings. The van der Waals surface area contributed by atoms with Crippen LogP contribution < -0.4 is 0 Å². The van der Waals surface area contributed by atoms with E-state index in [0.29, 0.717) is 12.0 Å². The summed E-state index contributed by atoms with van der Waals surface area (Å²) < 4.78 is 13.6. The van der Waals surface area contributed by atoms with Crippen molar-refractivity contribution in [3.63, 3.8) is 0 Å². The van der Waals surface area contributed by atoms with Gasteiger partial charge in [0, 0.05) is 23.7 Å². The molecule has 1 aromatic carbocycles. The van der Waals surface area contributed by atoms with Gasteiger partial charge < -0.3 is 0 Å². The maximum Gasteiger partial charge on any atom is 0.222 e. The van der Waals surface area contributed by atoms with Crippen LogP contribution in [-0.2, 0) is 6.42 Å². The number of allylic oxidation sites excluding steroid dienone is 1. The van der Waals surface area contributed by atoms with Gasteiger partial charge in [-0.05, 0) is 29.3 Å². The zero-order valence-corrected chi connectivity index (χ0v) is 9.58. The van der Waals surface area contributed by atoms with Crippen molar-refractivity contribution in [2.24, 2.45) is 0 Å². The summed E-state index contributed by atoms with van der Waals surface area (Å²) in [4.78, 5) is 8.04. The predicted octanol–water partition coefficient (Wildman–Crippen LogP) is 3.37. The van der Waals surface area contributed by atoms with Gasteiger partial charge in [-0.15, -0.1) is 0 Å². The maximum absolute atomic E-state index is 13.6. The van der Waals surface area contributed by atoms with Gasteiger partial charge in [-0.25, -0.2) is 14.4 Å². The van der Waals surface area contributed by atoms with Crippen LogP contribution in [0.1, 0.15) is 16.8 Å². The van der Waals surface area contributed by atoms with Crippen molar-refractivity contribution in [3.8, 4) is 0 Å². The third kappa shape index (κ3) is 1.83. The molecule has 0 saturated heterocycles. The maximum atomic E-state index is 13.6. The van der Waals surface area contributed by atoms with Crippen molar-refractivity contribution in [2.75, 3.05) is 0 Å². The fourth-order valence-corrected chi connectivity index (χ4v) is 2.11. The molecule has 1 aromatic heterocycles. The zero-order chi connectivity index (χ0) is 11.8. The molecule has 17 heavy (non-hydrogen) atoms. The first-order chi connectivity index (χ1) is 8.24. The molecule has 2 nitrogen and oxygen atoms in total. The third-order valence-corrected chi connectivity index (χ3v) is 2.96. The van der Waals surface area contributed by atoms with E-state index in [0.717, 1.165) is 16.8 Å². The fourth-order valence-electron chi connectivity index (χ4n) is 1.97. The summed E-state index contributed by atoms with van der Waals surface area (Å²) in [6, 6.07) is 6.72. The van der Waals surface area contributed by atoms with E-state index < -0.39 is 0 Å². The fraction of sp³-hybridized carbons (Fsp3) is 0.0769. The normalized spacial score (nSPS) is 13.4. The summed E-state index contributed by atoms with van der Waals surface area (Å²) >= 11 is 5.72. The Labute approximate surface area is 103 Å². The van der Waals surface area contributed by atoms with Gasteiger partial charge in [0.15, 0.2) is 0 Å². The topological polar surface area (TPSA) is 25.8 Å². The van der Waals surface area contributed by atoms with Crippen molar-refractivity contribution >= 4 is 23.3 Å². The van der Waals surface area contributed by atoms with Gasteiger partial charge in [-0.2, -0.15) is 0 Å². The highest BCUT2D eigenvalue weighted by Gasteiger charge is 2.18. The number of nitrogens with zero attached hydrogens (tertiary/aromatic N) is 2. The molecular formula is C13H8ClFN2. The smallest absolute Gasteiger partial charge is 0.222 e. The van der Waals surface area contributed by atoms with Crippen LogP contribution in [-0.4, -0.2) is 9.97 Å². The first-order valence-electron chi connectivity index (χ1n) is 5.21. The lowest BCUT2D eigenvalue weighted by atomic mass is 10.0. The lowest BCUT2D eigenvalue weighted by Gasteiger charge is -2.02. The summed E-state index contributed by atoms with van der Waals surface area (Å²) in [5.74, 6) is -0.217. The second-order valence-electron chi connectivity index (χ2n) is 3.88. The molecule has 0 amide bonds. The summed E-state index contributed by atoms with van der Waals surface area (Å²) in [6.45, 7) is 0. The van der Waals surface area contributed by atoms with E-state index in [-0.39, 0.29) is 11.1 Å². The van der Waals surface area contributed by atoms with Crippen LogP contribution in [0.4, 0.5) is 4.39 Å². The number of aromatic nitrogens is 2. The minimum Gasteiger partial charge on any atom is -0.226 e. The Morgan fingerprint density at radius 2 is 2.06 bits per heavy atom. The Morgan fingerprint density at radius 1 is 1.24 bits per heavy atom. The SMILES string of the molecule is Fc1ccccc1C1=Cc2nc(Cl)ncc2C1. The van der Waals surface area contributed by atoms with E-state index in [1.165, 1.54) is 6.07 Å². The molecule has 84 valence electrons. The van der Waals surface area contributed by atoms with Crippen LogP contribution in [0.2, 0.25) is 5.28 Å². The van der Waals surface area contributed by atoms with Gasteiger partial charge in [0.1, 0.15) is 5.82 Å². The van der Waals surface area contributed by atoms with Gasteiger partial charge in [-0.1, -0.05) is 18.2 Å². The quantitative estimate of drug-likeness (QED) is 0.721. The molecule has 0 unspecified atom stereocenters. The number of rotatable bonds is 1. The van der Waals surface area contributed by atoms with Crippen molar-refractivity contribution in [1.82, 2.24) is 9.97 Å². The first-order valence-corrected chi connectivity index (χ1v) is 5.59. The molecule has 1 heterocycles. The van der Waals surface area contributed by atoms with E-state index >= 15 is 0 Å². The Balaban J connectivity index is 2.05. The van der Waals surface area contributed by atoms with Gasteiger partial charge in [0.05, 0.1) is 5.69 Å². The van der Waals surface area contributed by atoms with Crippen LogP contribution in [0.5, 0.6) is 0 Å². The van der Waals surface area contributed by atoms with Crippen molar-refractivity contribution < 1.29 is 4.39 Å². The van der Waals surface area contributed by atoms with Crippen LogP contribution in [0.25, 0.3) is 11.6 Å². The van der Waals surface area contributed by atoms with Gasteiger partial charge in [0.2, 0.25) is 5.28 Å². The zero-order valence-electron chi connectivity index (χ0n) is 8.82. The molecule has 3 rings (SSSR count). The molecule has 0 radical (unpaired) electrons. The van der Waals surface area contributed by atoms with E-state index in [1.54, 1.807) is 18.3 Å². The molecule has 0 fully saturated rings. The Kier molecular flexibility index (Phi) is 2.41. The van der Waals surface area contributed by atoms with Gasteiger partial charge >= 0.3 is 0 Å². The minimum absolute atomic E-state index is 0.217. The summed E-state index contributed by atoms with van der Waals surface area (Å²) in [7, 11) is 0. The monoisotopic (exact) mass is 246 g/mol. The van der Waals surface area contributed by atoms with Crippen molar-refractivity contribution in [1.29, 1.82) is 0 Å². The Hall–Kier alpha value is -1.74. The third-order valence-electron chi connectivity index (χ3n) is 2.78. The number of fused-ring (bicyclic) bond motifs is 1. The lowest BCUT2D eigenvalue weighted by Crippen LogP contribution is -1.91. The van der Waals surface area contributed by atoms with E-state index in [4.69, 9.17) is 11.6 Å². The Bertz CT molecular complexity index is 623. The Morgan fingerprint density at radius 3 is 2.88 bits per heavy atom. The van der Waals surface area contributed by atoms with Crippen molar-refractivity contribution in [3.05, 3.63) is 58.4 Å². The predicted molar refractivity (Wildman–Crippen MR) is 65.0 cm³/mol. The lowest BCUT2D eigenvalue weighted by molar-refractivity contribution is 0.623. The highest BCUT2D eigenvalue weighted by Crippen LogP contribution is 2.31. The average Bonchev–Trinajstić information content (AvgIpc) is 2.72. The van der Waals surface area contributed by atoms with Crippen LogP contribution in [0, 0.1) is 5.82 Å². The molecule has 0 spiro atoms. The summed E-state index contributed by atoms with van der Waals surface area (Å²) in [5.41, 5.74) is 3.28. The molecule has 0 atom stereocenters. The van der Waals surface area contributed by atoms with Gasteiger partial charge in [-0.3, -0.25) is 0 Å². The standard InChI is InChI=1S/C13H8ClFN2/c14-13-16-7-9-5-8(6-12(9)17-13)10-3-1-2-4-11(10)15/h1-4,6-7H,5H2. The molecule has 0 N–H and O–H groups in total. The van der Waals surface area contributed by atoms with Gasteiger partial charge in [0.25, 0.3) is 0 Å². The van der Waals surface area contributed by atoms with Crippen LogP contribution in [0.3, 0.4) is 0 Å². The second kappa shape index (κ2) is 3.93.